The molecule has 1 heterocycles. The molecular weight excluding hydrogens is 336 g/mol. The van der Waals surface area contributed by atoms with Gasteiger partial charge in [0.05, 0.1) is 6.21 Å². The van der Waals surface area contributed by atoms with Crippen molar-refractivity contribution in [1.82, 2.24) is 10.4 Å². The largest absolute Gasteiger partial charge is 0.329 e. The van der Waals surface area contributed by atoms with Gasteiger partial charge in [0, 0.05) is 22.6 Å². The van der Waals surface area contributed by atoms with E-state index in [1.807, 2.05) is 0 Å². The van der Waals surface area contributed by atoms with Gasteiger partial charge in [-0.15, -0.1) is 0 Å². The van der Waals surface area contributed by atoms with Crippen LogP contribution in [0.2, 0.25) is 0 Å². The fourth-order valence-corrected chi connectivity index (χ4v) is 1.65. The van der Waals surface area contributed by atoms with Crippen molar-refractivity contribution in [2.45, 2.75) is 0 Å². The van der Waals surface area contributed by atoms with Crippen molar-refractivity contribution in [1.29, 1.82) is 0 Å². The van der Waals surface area contributed by atoms with E-state index in [0.29, 0.717) is 5.69 Å². The Kier molecular flexibility index (Phi) is 5.16. The van der Waals surface area contributed by atoms with Gasteiger partial charge in [0.25, 0.3) is 0 Å². The van der Waals surface area contributed by atoms with Crippen molar-refractivity contribution in [3.05, 3.63) is 58.8 Å². The summed E-state index contributed by atoms with van der Waals surface area (Å²) in [4.78, 5) is 27.0. The van der Waals surface area contributed by atoms with Crippen LogP contribution in [-0.2, 0) is 9.59 Å². The molecule has 1 aromatic carbocycles. The van der Waals surface area contributed by atoms with Crippen LogP contribution in [0.15, 0.2) is 58.4 Å². The molecule has 0 aliphatic carbocycles. The number of benzene rings is 1. The van der Waals surface area contributed by atoms with E-state index in [2.05, 4.69) is 36.8 Å². The number of pyridine rings is 1. The first kappa shape index (κ1) is 14.9. The molecule has 0 radical (unpaired) electrons. The van der Waals surface area contributed by atoms with Crippen molar-refractivity contribution in [2.75, 3.05) is 5.32 Å². The highest BCUT2D eigenvalue weighted by Gasteiger charge is 2.12. The maximum atomic E-state index is 11.6. The number of nitrogens with zero attached hydrogens (tertiary/aromatic N) is 2. The van der Waals surface area contributed by atoms with Gasteiger partial charge < -0.3 is 5.32 Å². The number of hydrogen-bond donors (Lipinski definition) is 2. The molecule has 0 bridgehead atoms. The van der Waals surface area contributed by atoms with Gasteiger partial charge in [-0.2, -0.15) is 5.10 Å². The topological polar surface area (TPSA) is 83.5 Å². The number of aromatic nitrogens is 1. The van der Waals surface area contributed by atoms with E-state index in [4.69, 9.17) is 0 Å². The summed E-state index contributed by atoms with van der Waals surface area (Å²) >= 11 is 3.28. The smallest absolute Gasteiger partial charge is 0.318 e. The van der Waals surface area contributed by atoms with Gasteiger partial charge in [-0.3, -0.25) is 14.6 Å². The summed E-state index contributed by atoms with van der Waals surface area (Å²) in [6, 6.07) is 10.3. The fourth-order valence-electron chi connectivity index (χ4n) is 1.39. The normalized spacial score (nSPS) is 10.3. The number of rotatable bonds is 3. The SMILES string of the molecule is O=C(N/N=C\c1ccncc1)C(=O)Nc1ccc(Br)cc1. The first-order valence-corrected chi connectivity index (χ1v) is 6.74. The third kappa shape index (κ3) is 4.81. The third-order valence-corrected chi connectivity index (χ3v) is 2.92. The Labute approximate surface area is 129 Å². The van der Waals surface area contributed by atoms with Crippen molar-refractivity contribution in [2.24, 2.45) is 5.10 Å². The molecule has 0 atom stereocenters. The van der Waals surface area contributed by atoms with E-state index in [-0.39, 0.29) is 0 Å². The Bertz CT molecular complexity index is 656. The molecule has 0 saturated heterocycles. The molecule has 21 heavy (non-hydrogen) atoms. The molecule has 0 aliphatic rings. The van der Waals surface area contributed by atoms with Crippen LogP contribution in [0.5, 0.6) is 0 Å². The molecule has 7 heteroatoms. The molecule has 0 fully saturated rings. The number of amides is 2. The van der Waals surface area contributed by atoms with E-state index >= 15 is 0 Å². The second kappa shape index (κ2) is 7.30. The zero-order valence-corrected chi connectivity index (χ0v) is 12.4. The van der Waals surface area contributed by atoms with Crippen LogP contribution in [-0.4, -0.2) is 23.0 Å². The van der Waals surface area contributed by atoms with Crippen LogP contribution in [0.3, 0.4) is 0 Å². The van der Waals surface area contributed by atoms with Crippen LogP contribution in [0.4, 0.5) is 5.69 Å². The molecule has 0 spiro atoms. The van der Waals surface area contributed by atoms with Gasteiger partial charge in [-0.05, 0) is 42.0 Å². The first-order chi connectivity index (χ1) is 10.1. The van der Waals surface area contributed by atoms with Gasteiger partial charge in [-0.1, -0.05) is 15.9 Å². The van der Waals surface area contributed by atoms with Crippen molar-refractivity contribution < 1.29 is 9.59 Å². The van der Waals surface area contributed by atoms with Gasteiger partial charge in [0.15, 0.2) is 0 Å². The molecule has 6 nitrogen and oxygen atoms in total. The molecule has 2 amide bonds. The number of halogens is 1. The maximum absolute atomic E-state index is 11.6. The average molecular weight is 347 g/mol. The molecule has 2 aromatic rings. The number of carbonyl (C=O) groups excluding carboxylic acids is 2. The van der Waals surface area contributed by atoms with E-state index < -0.39 is 11.8 Å². The minimum Gasteiger partial charge on any atom is -0.318 e. The van der Waals surface area contributed by atoms with E-state index in [1.54, 1.807) is 48.8 Å². The predicted molar refractivity (Wildman–Crippen MR) is 82.7 cm³/mol. The first-order valence-electron chi connectivity index (χ1n) is 5.95. The number of anilines is 1. The standard InChI is InChI=1S/C14H11BrN4O2/c15-11-1-3-12(4-2-11)18-13(20)14(21)19-17-9-10-5-7-16-8-6-10/h1-9H,(H,18,20)(H,19,21)/b17-9-. The van der Waals surface area contributed by atoms with Crippen LogP contribution in [0, 0.1) is 0 Å². The number of hydrogen-bond acceptors (Lipinski definition) is 4. The molecule has 2 N–H and O–H groups in total. The summed E-state index contributed by atoms with van der Waals surface area (Å²) in [5.41, 5.74) is 3.44. The lowest BCUT2D eigenvalue weighted by molar-refractivity contribution is -0.136. The number of hydrazone groups is 1. The van der Waals surface area contributed by atoms with Gasteiger partial charge >= 0.3 is 11.8 Å². The summed E-state index contributed by atoms with van der Waals surface area (Å²) < 4.78 is 0.881. The van der Waals surface area contributed by atoms with Gasteiger partial charge in [-0.25, -0.2) is 5.43 Å². The minimum absolute atomic E-state index is 0.525. The number of carbonyl (C=O) groups is 2. The Morgan fingerprint density at radius 3 is 2.38 bits per heavy atom. The molecule has 0 saturated carbocycles. The van der Waals surface area contributed by atoms with Crippen LogP contribution >= 0.6 is 15.9 Å². The summed E-state index contributed by atoms with van der Waals surface area (Å²) in [5.74, 6) is -1.63. The van der Waals surface area contributed by atoms with E-state index in [9.17, 15) is 9.59 Å². The lowest BCUT2D eigenvalue weighted by Crippen LogP contribution is -2.32. The fraction of sp³-hybridized carbons (Fsp3) is 0. The summed E-state index contributed by atoms with van der Waals surface area (Å²) in [5, 5.41) is 6.16. The van der Waals surface area contributed by atoms with Crippen LogP contribution < -0.4 is 10.7 Å². The highest BCUT2D eigenvalue weighted by molar-refractivity contribution is 9.10. The highest BCUT2D eigenvalue weighted by atomic mass is 79.9. The summed E-state index contributed by atoms with van der Waals surface area (Å²) in [6.07, 6.45) is 4.62. The molecule has 0 aliphatic heterocycles. The minimum atomic E-state index is -0.844. The Balaban J connectivity index is 1.87. The van der Waals surface area contributed by atoms with Crippen molar-refractivity contribution >= 4 is 39.6 Å². The molecule has 106 valence electrons. The zero-order chi connectivity index (χ0) is 15.1. The maximum Gasteiger partial charge on any atom is 0.329 e. The Morgan fingerprint density at radius 2 is 1.71 bits per heavy atom. The number of nitrogens with one attached hydrogen (secondary N) is 2. The van der Waals surface area contributed by atoms with E-state index in [1.165, 1.54) is 6.21 Å². The summed E-state index contributed by atoms with van der Waals surface area (Å²) in [6.45, 7) is 0. The second-order valence-corrected chi connectivity index (χ2v) is 4.86. The van der Waals surface area contributed by atoms with Crippen LogP contribution in [0.1, 0.15) is 5.56 Å². The second-order valence-electron chi connectivity index (χ2n) is 3.94. The van der Waals surface area contributed by atoms with Crippen molar-refractivity contribution in [3.63, 3.8) is 0 Å². The zero-order valence-electron chi connectivity index (χ0n) is 10.8. The Hall–Kier alpha value is -2.54. The van der Waals surface area contributed by atoms with Crippen molar-refractivity contribution in [3.8, 4) is 0 Å². The Morgan fingerprint density at radius 1 is 1.05 bits per heavy atom. The van der Waals surface area contributed by atoms with Gasteiger partial charge in [0.1, 0.15) is 0 Å². The van der Waals surface area contributed by atoms with Gasteiger partial charge in [0.2, 0.25) is 0 Å². The molecular formula is C14H11BrN4O2. The predicted octanol–water partition coefficient (Wildman–Crippen LogP) is 1.93. The summed E-state index contributed by atoms with van der Waals surface area (Å²) in [7, 11) is 0. The lowest BCUT2D eigenvalue weighted by Gasteiger charge is -2.03. The third-order valence-electron chi connectivity index (χ3n) is 2.39. The monoisotopic (exact) mass is 346 g/mol. The highest BCUT2D eigenvalue weighted by Crippen LogP contribution is 2.13. The van der Waals surface area contributed by atoms with Crippen LogP contribution in [0.25, 0.3) is 0 Å². The average Bonchev–Trinajstić information content (AvgIpc) is 2.50. The molecule has 0 unspecified atom stereocenters. The quantitative estimate of drug-likeness (QED) is 0.506. The van der Waals surface area contributed by atoms with E-state index in [0.717, 1.165) is 10.0 Å². The molecule has 1 aromatic heterocycles. The molecule has 2 rings (SSSR count). The lowest BCUT2D eigenvalue weighted by atomic mass is 10.3.